The van der Waals surface area contributed by atoms with Crippen LogP contribution in [0.25, 0.3) is 21.0 Å². The Labute approximate surface area is 211 Å². The number of anilines is 2. The summed E-state index contributed by atoms with van der Waals surface area (Å²) in [4.78, 5) is 29.7. The van der Waals surface area contributed by atoms with E-state index in [1.54, 1.807) is 29.2 Å². The first kappa shape index (κ1) is 22.8. The van der Waals surface area contributed by atoms with Crippen molar-refractivity contribution >= 4 is 89.8 Å². The highest BCUT2D eigenvalue weighted by Crippen LogP contribution is 2.30. The minimum absolute atomic E-state index is 0.143. The maximum atomic E-state index is 12.8. The van der Waals surface area contributed by atoms with Crippen molar-refractivity contribution in [3.8, 4) is 0 Å². The highest BCUT2D eigenvalue weighted by atomic mass is 32.2. The molecule has 0 saturated heterocycles. The smallest absolute Gasteiger partial charge is 0.258 e. The summed E-state index contributed by atoms with van der Waals surface area (Å²) < 4.78 is 2.63. The number of amides is 2. The molecule has 0 aliphatic rings. The third-order valence-electron chi connectivity index (χ3n) is 4.82. The lowest BCUT2D eigenvalue weighted by atomic mass is 10.0. The highest BCUT2D eigenvalue weighted by Gasteiger charge is 2.14. The Kier molecular flexibility index (Phi) is 6.77. The number of carbonyl (C=O) groups excluding carboxylic acids is 2. The molecule has 5 rings (SSSR count). The van der Waals surface area contributed by atoms with Gasteiger partial charge in [0.15, 0.2) is 8.68 Å². The fourth-order valence-electron chi connectivity index (χ4n) is 3.30. The number of benzene rings is 3. The number of carbonyl (C=O) groups is 2. The monoisotopic (exact) mass is 523 g/mol. The fraction of sp³-hybridized carbons (Fsp3) is 0.0870. The van der Waals surface area contributed by atoms with E-state index in [1.807, 2.05) is 60.9 Å². The van der Waals surface area contributed by atoms with E-state index in [-0.39, 0.29) is 17.6 Å². The Bertz CT molecular complexity index is 1510. The summed E-state index contributed by atoms with van der Waals surface area (Å²) in [5.74, 6) is -0.205. The van der Waals surface area contributed by atoms with Crippen molar-refractivity contribution in [1.29, 1.82) is 0 Å². The number of thiazole rings is 1. The molecule has 0 radical (unpaired) electrons. The van der Waals surface area contributed by atoms with Gasteiger partial charge in [0.25, 0.3) is 5.91 Å². The molecular weight excluding hydrogens is 507 g/mol. The molecule has 2 aromatic heterocycles. The largest absolute Gasteiger partial charge is 0.325 e. The second-order valence-corrected chi connectivity index (χ2v) is 11.3. The maximum absolute atomic E-state index is 12.8. The molecule has 2 N–H and O–H groups in total. The first-order valence-electron chi connectivity index (χ1n) is 10.1. The van der Waals surface area contributed by atoms with Crippen LogP contribution in [0.1, 0.15) is 10.4 Å². The molecule has 5 aromatic rings. The van der Waals surface area contributed by atoms with Gasteiger partial charge in [0.05, 0.1) is 16.0 Å². The van der Waals surface area contributed by atoms with Crippen molar-refractivity contribution in [3.63, 3.8) is 0 Å². The Morgan fingerprint density at radius 1 is 0.941 bits per heavy atom. The number of hydrogen-bond donors (Lipinski definition) is 2. The van der Waals surface area contributed by atoms with Crippen LogP contribution in [0.4, 0.5) is 10.8 Å². The molecule has 7 nitrogen and oxygen atoms in total. The zero-order valence-electron chi connectivity index (χ0n) is 17.8. The number of aromatic nitrogens is 3. The van der Waals surface area contributed by atoms with Gasteiger partial charge in [-0.05, 0) is 41.3 Å². The molecule has 0 spiro atoms. The summed E-state index contributed by atoms with van der Waals surface area (Å²) in [6.07, 6.45) is 1.99. The molecule has 0 aliphatic carbocycles. The molecule has 2 heterocycles. The zero-order valence-corrected chi connectivity index (χ0v) is 21.0. The lowest BCUT2D eigenvalue weighted by Crippen LogP contribution is -2.13. The number of nitrogens with one attached hydrogen (secondary N) is 2. The minimum atomic E-state index is -0.245. The summed E-state index contributed by atoms with van der Waals surface area (Å²) in [6, 6.07) is 19.0. The molecule has 0 atom stereocenters. The molecule has 0 saturated carbocycles. The van der Waals surface area contributed by atoms with E-state index >= 15 is 0 Å². The van der Waals surface area contributed by atoms with Crippen LogP contribution in [-0.4, -0.2) is 39.0 Å². The summed E-state index contributed by atoms with van der Waals surface area (Å²) in [5, 5.41) is 16.1. The molecule has 170 valence electrons. The van der Waals surface area contributed by atoms with E-state index in [2.05, 4.69) is 25.8 Å². The Morgan fingerprint density at radius 2 is 1.79 bits per heavy atom. The van der Waals surface area contributed by atoms with Crippen molar-refractivity contribution in [2.75, 3.05) is 22.6 Å². The SMILES string of the molecule is CSc1nc2ccc(NC(=O)CSc3nnc(NC(=O)c4cccc5ccccc45)s3)cc2s1. The number of fused-ring (bicyclic) bond motifs is 2. The first-order valence-corrected chi connectivity index (χ1v) is 13.9. The van der Waals surface area contributed by atoms with Crippen molar-refractivity contribution in [1.82, 2.24) is 15.2 Å². The van der Waals surface area contributed by atoms with Gasteiger partial charge in [-0.2, -0.15) is 0 Å². The lowest BCUT2D eigenvalue weighted by Gasteiger charge is -2.05. The van der Waals surface area contributed by atoms with Crippen LogP contribution in [0.15, 0.2) is 69.3 Å². The van der Waals surface area contributed by atoms with Gasteiger partial charge < -0.3 is 5.32 Å². The number of thioether (sulfide) groups is 2. The molecule has 2 amide bonds. The van der Waals surface area contributed by atoms with E-state index < -0.39 is 0 Å². The van der Waals surface area contributed by atoms with Crippen LogP contribution in [0.2, 0.25) is 0 Å². The second kappa shape index (κ2) is 10.1. The summed E-state index contributed by atoms with van der Waals surface area (Å²) in [5.41, 5.74) is 2.23. The topological polar surface area (TPSA) is 96.9 Å². The molecule has 34 heavy (non-hydrogen) atoms. The van der Waals surface area contributed by atoms with Gasteiger partial charge in [0.1, 0.15) is 0 Å². The van der Waals surface area contributed by atoms with Crippen molar-refractivity contribution in [2.45, 2.75) is 8.68 Å². The molecule has 0 fully saturated rings. The molecule has 0 bridgehead atoms. The van der Waals surface area contributed by atoms with E-state index in [4.69, 9.17) is 0 Å². The summed E-state index contributed by atoms with van der Waals surface area (Å²) >= 11 is 5.71. The van der Waals surface area contributed by atoms with Crippen LogP contribution >= 0.6 is 46.2 Å². The third-order valence-corrected chi connectivity index (χ3v) is 8.79. The van der Waals surface area contributed by atoms with Crippen molar-refractivity contribution in [2.24, 2.45) is 0 Å². The third kappa shape index (κ3) is 5.07. The predicted octanol–water partition coefficient (Wildman–Crippen LogP) is 6.01. The van der Waals surface area contributed by atoms with Gasteiger partial charge in [-0.1, -0.05) is 71.3 Å². The van der Waals surface area contributed by atoms with Gasteiger partial charge in [-0.15, -0.1) is 21.5 Å². The van der Waals surface area contributed by atoms with Crippen molar-refractivity contribution < 1.29 is 9.59 Å². The summed E-state index contributed by atoms with van der Waals surface area (Å²) in [6.45, 7) is 0. The van der Waals surface area contributed by atoms with Crippen LogP contribution in [-0.2, 0) is 4.79 Å². The first-order chi connectivity index (χ1) is 16.6. The molecular formula is C23H17N5O2S4. The minimum Gasteiger partial charge on any atom is -0.325 e. The average molecular weight is 524 g/mol. The van der Waals surface area contributed by atoms with E-state index in [9.17, 15) is 9.59 Å². The van der Waals surface area contributed by atoms with Crippen LogP contribution in [0.5, 0.6) is 0 Å². The van der Waals surface area contributed by atoms with E-state index in [0.29, 0.717) is 15.0 Å². The second-order valence-electron chi connectivity index (χ2n) is 7.06. The quantitative estimate of drug-likeness (QED) is 0.199. The van der Waals surface area contributed by atoms with E-state index in [1.165, 1.54) is 23.1 Å². The molecule has 11 heteroatoms. The van der Waals surface area contributed by atoms with Crippen LogP contribution < -0.4 is 10.6 Å². The van der Waals surface area contributed by atoms with Crippen LogP contribution in [0, 0.1) is 0 Å². The van der Waals surface area contributed by atoms with Gasteiger partial charge >= 0.3 is 0 Å². The van der Waals surface area contributed by atoms with Gasteiger partial charge in [0.2, 0.25) is 11.0 Å². The predicted molar refractivity (Wildman–Crippen MR) is 143 cm³/mol. The fourth-order valence-corrected chi connectivity index (χ4v) is 6.37. The number of nitrogens with zero attached hydrogens (tertiary/aromatic N) is 3. The van der Waals surface area contributed by atoms with Gasteiger partial charge in [-0.25, -0.2) is 4.98 Å². The Balaban J connectivity index is 1.18. The standard InChI is InChI=1S/C23H17N5O2S4/c1-31-22-25-17-10-9-14(11-18(17)33-22)24-19(29)12-32-23-28-27-21(34-23)26-20(30)16-8-4-6-13-5-2-3-7-15(13)16/h2-11H,12H2,1H3,(H,24,29)(H,26,27,30). The average Bonchev–Trinajstić information content (AvgIpc) is 3.48. The zero-order chi connectivity index (χ0) is 23.5. The molecule has 0 unspecified atom stereocenters. The summed E-state index contributed by atoms with van der Waals surface area (Å²) in [7, 11) is 0. The normalized spacial score (nSPS) is 11.1. The molecule has 3 aromatic carbocycles. The number of hydrogen-bond acceptors (Lipinski definition) is 9. The Hall–Kier alpha value is -2.99. The van der Waals surface area contributed by atoms with Gasteiger partial charge in [0, 0.05) is 11.3 Å². The van der Waals surface area contributed by atoms with E-state index in [0.717, 1.165) is 31.0 Å². The lowest BCUT2D eigenvalue weighted by molar-refractivity contribution is -0.113. The van der Waals surface area contributed by atoms with Crippen LogP contribution in [0.3, 0.4) is 0 Å². The molecule has 0 aliphatic heterocycles. The maximum Gasteiger partial charge on any atom is 0.258 e. The number of rotatable bonds is 7. The Morgan fingerprint density at radius 3 is 2.68 bits per heavy atom. The van der Waals surface area contributed by atoms with Gasteiger partial charge in [-0.3, -0.25) is 14.9 Å². The highest BCUT2D eigenvalue weighted by molar-refractivity contribution is 8.01. The van der Waals surface area contributed by atoms with Crippen molar-refractivity contribution in [3.05, 3.63) is 66.2 Å².